The van der Waals surface area contributed by atoms with Crippen molar-refractivity contribution in [3.63, 3.8) is 0 Å². The molecule has 0 saturated carbocycles. The lowest BCUT2D eigenvalue weighted by Gasteiger charge is -2.34. The van der Waals surface area contributed by atoms with E-state index < -0.39 is 0 Å². The van der Waals surface area contributed by atoms with Crippen LogP contribution in [0.15, 0.2) is 29.1 Å². The highest BCUT2D eigenvalue weighted by molar-refractivity contribution is 7.18. The van der Waals surface area contributed by atoms with Crippen LogP contribution in [0.2, 0.25) is 5.02 Å². The topological polar surface area (TPSA) is 41.4 Å². The molecule has 30 heavy (non-hydrogen) atoms. The van der Waals surface area contributed by atoms with Gasteiger partial charge in [0.2, 0.25) is 0 Å². The number of para-hydroxylation sites is 1. The Kier molecular flexibility index (Phi) is 5.67. The predicted molar refractivity (Wildman–Crippen MR) is 124 cm³/mol. The van der Waals surface area contributed by atoms with Crippen LogP contribution >= 0.6 is 22.9 Å². The predicted octanol–water partition coefficient (Wildman–Crippen LogP) is 4.12. The van der Waals surface area contributed by atoms with Gasteiger partial charge in [-0.15, -0.1) is 11.3 Å². The van der Waals surface area contributed by atoms with Gasteiger partial charge in [-0.25, -0.2) is 4.98 Å². The van der Waals surface area contributed by atoms with E-state index >= 15 is 0 Å². The summed E-state index contributed by atoms with van der Waals surface area (Å²) in [6.45, 7) is 8.06. The SMILES string of the molecule is CCN1CCN(Cc2nc3sc4c(c3c(=O)n2-c2ccccc2Cl)CCCC4)CC1. The van der Waals surface area contributed by atoms with Crippen LogP contribution in [0, 0.1) is 0 Å². The number of benzene rings is 1. The number of fused-ring (bicyclic) bond motifs is 3. The molecule has 1 fully saturated rings. The van der Waals surface area contributed by atoms with Crippen molar-refractivity contribution < 1.29 is 0 Å². The van der Waals surface area contributed by atoms with E-state index in [4.69, 9.17) is 16.6 Å². The summed E-state index contributed by atoms with van der Waals surface area (Å²) in [5, 5.41) is 1.40. The lowest BCUT2D eigenvalue weighted by molar-refractivity contribution is 0.129. The first-order valence-electron chi connectivity index (χ1n) is 10.9. The van der Waals surface area contributed by atoms with E-state index in [9.17, 15) is 4.79 Å². The summed E-state index contributed by atoms with van der Waals surface area (Å²) in [6, 6.07) is 7.61. The smallest absolute Gasteiger partial charge is 0.267 e. The van der Waals surface area contributed by atoms with E-state index in [0.29, 0.717) is 11.6 Å². The molecule has 7 heteroatoms. The fourth-order valence-corrected chi connectivity index (χ4v) is 6.19. The zero-order chi connectivity index (χ0) is 20.7. The Bertz CT molecular complexity index is 1130. The van der Waals surface area contributed by atoms with Gasteiger partial charge in [0.25, 0.3) is 5.56 Å². The number of thiophene rings is 1. The molecule has 158 valence electrons. The maximum Gasteiger partial charge on any atom is 0.267 e. The highest BCUT2D eigenvalue weighted by Crippen LogP contribution is 2.34. The fourth-order valence-electron chi connectivity index (χ4n) is 4.70. The third kappa shape index (κ3) is 3.60. The first kappa shape index (κ1) is 20.2. The molecule has 3 heterocycles. The van der Waals surface area contributed by atoms with E-state index in [1.54, 1.807) is 15.9 Å². The summed E-state index contributed by atoms with van der Waals surface area (Å²) in [5.74, 6) is 0.796. The van der Waals surface area contributed by atoms with Gasteiger partial charge in [0.05, 0.1) is 22.6 Å². The number of hydrogen-bond donors (Lipinski definition) is 0. The van der Waals surface area contributed by atoms with Crippen LogP contribution in [-0.4, -0.2) is 52.1 Å². The van der Waals surface area contributed by atoms with E-state index in [2.05, 4.69) is 16.7 Å². The molecule has 1 aliphatic carbocycles. The van der Waals surface area contributed by atoms with E-state index in [1.165, 1.54) is 16.9 Å². The average Bonchev–Trinajstić information content (AvgIpc) is 3.14. The summed E-state index contributed by atoms with van der Waals surface area (Å²) in [6.07, 6.45) is 4.39. The molecule has 2 aromatic heterocycles. The van der Waals surface area contributed by atoms with Crippen molar-refractivity contribution in [2.24, 2.45) is 0 Å². The molecule has 0 bridgehead atoms. The van der Waals surface area contributed by atoms with Gasteiger partial charge < -0.3 is 4.90 Å². The second-order valence-corrected chi connectivity index (χ2v) is 9.71. The van der Waals surface area contributed by atoms with Crippen molar-refractivity contribution in [3.05, 3.63) is 55.9 Å². The zero-order valence-corrected chi connectivity index (χ0v) is 18.9. The van der Waals surface area contributed by atoms with Crippen LogP contribution in [0.25, 0.3) is 15.9 Å². The molecular weight excluding hydrogens is 416 g/mol. The van der Waals surface area contributed by atoms with E-state index in [0.717, 1.165) is 73.7 Å². The quantitative estimate of drug-likeness (QED) is 0.609. The van der Waals surface area contributed by atoms with Crippen molar-refractivity contribution in [3.8, 4) is 5.69 Å². The Morgan fingerprint density at radius 2 is 1.80 bits per heavy atom. The largest absolute Gasteiger partial charge is 0.301 e. The standard InChI is InChI=1S/C23H27ClN4OS/c1-2-26-11-13-27(14-12-26)15-20-25-22-21(16-7-3-6-10-19(16)30-22)23(29)28(20)18-9-5-4-8-17(18)24/h4-5,8-9H,2-3,6-7,10-15H2,1H3. The summed E-state index contributed by atoms with van der Waals surface area (Å²) in [7, 11) is 0. The second-order valence-electron chi connectivity index (χ2n) is 8.22. The van der Waals surface area contributed by atoms with Crippen molar-refractivity contribution in [1.29, 1.82) is 0 Å². The van der Waals surface area contributed by atoms with Gasteiger partial charge in [-0.1, -0.05) is 30.7 Å². The normalized spacial score (nSPS) is 18.1. The molecule has 2 aliphatic rings. The van der Waals surface area contributed by atoms with E-state index in [-0.39, 0.29) is 5.56 Å². The average molecular weight is 443 g/mol. The molecule has 0 spiro atoms. The zero-order valence-electron chi connectivity index (χ0n) is 17.4. The highest BCUT2D eigenvalue weighted by Gasteiger charge is 2.25. The van der Waals surface area contributed by atoms with Crippen LogP contribution in [0.1, 0.15) is 36.0 Å². The molecule has 1 aliphatic heterocycles. The molecule has 0 unspecified atom stereocenters. The van der Waals surface area contributed by atoms with Crippen molar-refractivity contribution in [2.45, 2.75) is 39.2 Å². The first-order valence-corrected chi connectivity index (χ1v) is 12.1. The minimum atomic E-state index is 0.0368. The Morgan fingerprint density at radius 1 is 1.07 bits per heavy atom. The minimum absolute atomic E-state index is 0.0368. The maximum atomic E-state index is 13.8. The molecule has 1 aromatic carbocycles. The number of likely N-dealkylation sites (N-methyl/N-ethyl adjacent to an activating group) is 1. The van der Waals surface area contributed by atoms with Gasteiger partial charge in [-0.2, -0.15) is 0 Å². The monoisotopic (exact) mass is 442 g/mol. The maximum absolute atomic E-state index is 13.8. The highest BCUT2D eigenvalue weighted by atomic mass is 35.5. The molecule has 0 atom stereocenters. The second kappa shape index (κ2) is 8.42. The lowest BCUT2D eigenvalue weighted by Crippen LogP contribution is -2.46. The first-order chi connectivity index (χ1) is 14.7. The fraction of sp³-hybridized carbons (Fsp3) is 0.478. The third-order valence-corrected chi connectivity index (χ3v) is 7.93. The Hall–Kier alpha value is -1.73. The molecule has 1 saturated heterocycles. The Labute approximate surface area is 185 Å². The Morgan fingerprint density at radius 3 is 2.57 bits per heavy atom. The molecule has 0 N–H and O–H groups in total. The van der Waals surface area contributed by atoms with Gasteiger partial charge in [0, 0.05) is 31.1 Å². The minimum Gasteiger partial charge on any atom is -0.301 e. The molecule has 5 nitrogen and oxygen atoms in total. The van der Waals surface area contributed by atoms with Gasteiger partial charge in [-0.05, 0) is 49.9 Å². The van der Waals surface area contributed by atoms with Crippen LogP contribution in [0.4, 0.5) is 0 Å². The lowest BCUT2D eigenvalue weighted by atomic mass is 9.97. The number of aromatic nitrogens is 2. The number of nitrogens with zero attached hydrogens (tertiary/aromatic N) is 4. The van der Waals surface area contributed by atoms with Crippen molar-refractivity contribution >= 4 is 33.2 Å². The van der Waals surface area contributed by atoms with Crippen LogP contribution < -0.4 is 5.56 Å². The van der Waals surface area contributed by atoms with Gasteiger partial charge in [0.15, 0.2) is 0 Å². The number of halogens is 1. The molecular formula is C23H27ClN4OS. The van der Waals surface area contributed by atoms with Crippen LogP contribution in [0.3, 0.4) is 0 Å². The van der Waals surface area contributed by atoms with Gasteiger partial charge in [0.1, 0.15) is 10.7 Å². The summed E-state index contributed by atoms with van der Waals surface area (Å²) >= 11 is 8.26. The van der Waals surface area contributed by atoms with E-state index in [1.807, 2.05) is 24.3 Å². The number of rotatable bonds is 4. The molecule has 0 radical (unpaired) electrons. The Balaban J connectivity index is 1.64. The van der Waals surface area contributed by atoms with Crippen LogP contribution in [-0.2, 0) is 19.4 Å². The summed E-state index contributed by atoms with van der Waals surface area (Å²) < 4.78 is 1.78. The molecule has 3 aromatic rings. The van der Waals surface area contributed by atoms with Gasteiger partial charge >= 0.3 is 0 Å². The number of piperazine rings is 1. The van der Waals surface area contributed by atoms with Gasteiger partial charge in [-0.3, -0.25) is 14.3 Å². The number of hydrogen-bond acceptors (Lipinski definition) is 5. The molecule has 5 rings (SSSR count). The van der Waals surface area contributed by atoms with Crippen molar-refractivity contribution in [2.75, 3.05) is 32.7 Å². The number of aryl methyl sites for hydroxylation is 2. The summed E-state index contributed by atoms with van der Waals surface area (Å²) in [4.78, 5) is 26.0. The van der Waals surface area contributed by atoms with Crippen molar-refractivity contribution in [1.82, 2.24) is 19.4 Å². The third-order valence-electron chi connectivity index (χ3n) is 6.43. The molecule has 0 amide bonds. The summed E-state index contributed by atoms with van der Waals surface area (Å²) in [5.41, 5.74) is 1.99. The van der Waals surface area contributed by atoms with Crippen LogP contribution in [0.5, 0.6) is 0 Å².